The van der Waals surface area contributed by atoms with Gasteiger partial charge in [0.25, 0.3) is 5.91 Å². The summed E-state index contributed by atoms with van der Waals surface area (Å²) in [6.07, 6.45) is 3.83. The van der Waals surface area contributed by atoms with Gasteiger partial charge in [-0.15, -0.1) is 0 Å². The minimum absolute atomic E-state index is 0.00701. The Bertz CT molecular complexity index is 916. The van der Waals surface area contributed by atoms with E-state index in [-0.39, 0.29) is 16.8 Å². The van der Waals surface area contributed by atoms with E-state index in [2.05, 4.69) is 10.0 Å². The van der Waals surface area contributed by atoms with Gasteiger partial charge in [-0.2, -0.15) is 0 Å². The second-order valence-corrected chi connectivity index (χ2v) is 8.62. The number of hydrogen-bond acceptors (Lipinski definition) is 3. The van der Waals surface area contributed by atoms with Gasteiger partial charge in [-0.25, -0.2) is 13.1 Å². The van der Waals surface area contributed by atoms with E-state index >= 15 is 0 Å². The van der Waals surface area contributed by atoms with Gasteiger partial charge in [0, 0.05) is 17.3 Å². The van der Waals surface area contributed by atoms with Crippen LogP contribution in [0.15, 0.2) is 47.4 Å². The normalized spacial score (nSPS) is 15.2. The number of anilines is 1. The fourth-order valence-electron chi connectivity index (χ4n) is 3.20. The minimum atomic E-state index is -3.62. The molecule has 1 aliphatic carbocycles. The summed E-state index contributed by atoms with van der Waals surface area (Å²) in [5.41, 5.74) is 3.05. The lowest BCUT2D eigenvalue weighted by atomic mass is 10.1. The van der Waals surface area contributed by atoms with Gasteiger partial charge >= 0.3 is 0 Å². The maximum atomic E-state index is 12.6. The molecule has 2 aromatic carbocycles. The van der Waals surface area contributed by atoms with Crippen molar-refractivity contribution in [3.63, 3.8) is 0 Å². The van der Waals surface area contributed by atoms with E-state index in [1.807, 2.05) is 32.0 Å². The van der Waals surface area contributed by atoms with Gasteiger partial charge in [-0.05, 0) is 62.1 Å². The predicted molar refractivity (Wildman–Crippen MR) is 103 cm³/mol. The molecule has 1 fully saturated rings. The van der Waals surface area contributed by atoms with Gasteiger partial charge in [0.15, 0.2) is 0 Å². The van der Waals surface area contributed by atoms with Crippen LogP contribution >= 0.6 is 0 Å². The van der Waals surface area contributed by atoms with Gasteiger partial charge < -0.3 is 5.32 Å². The fourth-order valence-corrected chi connectivity index (χ4v) is 4.55. The molecule has 1 aliphatic rings. The minimum Gasteiger partial charge on any atom is -0.322 e. The Labute approximate surface area is 154 Å². The Morgan fingerprint density at radius 2 is 1.77 bits per heavy atom. The number of rotatable bonds is 5. The van der Waals surface area contributed by atoms with Crippen molar-refractivity contribution in [2.45, 2.75) is 50.5 Å². The third kappa shape index (κ3) is 4.31. The van der Waals surface area contributed by atoms with Crippen LogP contribution in [-0.4, -0.2) is 20.4 Å². The molecule has 0 bridgehead atoms. The molecule has 138 valence electrons. The summed E-state index contributed by atoms with van der Waals surface area (Å²) in [5.74, 6) is -0.323. The Hall–Kier alpha value is -2.18. The van der Waals surface area contributed by atoms with Gasteiger partial charge in [-0.1, -0.05) is 31.0 Å². The maximum Gasteiger partial charge on any atom is 0.255 e. The van der Waals surface area contributed by atoms with E-state index < -0.39 is 10.0 Å². The van der Waals surface area contributed by atoms with E-state index in [1.165, 1.54) is 12.1 Å². The molecule has 0 heterocycles. The maximum absolute atomic E-state index is 12.6. The molecular formula is C20H24N2O3S. The SMILES string of the molecule is Cc1ccc(C)c(NC(=O)c2cccc(S(=O)(=O)NC3CCCC3)c2)c1. The van der Waals surface area contributed by atoms with Crippen molar-refractivity contribution in [3.05, 3.63) is 59.2 Å². The van der Waals surface area contributed by atoms with Crippen LogP contribution in [0.25, 0.3) is 0 Å². The predicted octanol–water partition coefficient (Wildman–Crippen LogP) is 3.78. The lowest BCUT2D eigenvalue weighted by molar-refractivity contribution is 0.102. The highest BCUT2D eigenvalue weighted by atomic mass is 32.2. The summed E-state index contributed by atoms with van der Waals surface area (Å²) < 4.78 is 27.9. The highest BCUT2D eigenvalue weighted by Gasteiger charge is 2.23. The third-order valence-electron chi connectivity index (χ3n) is 4.72. The molecule has 26 heavy (non-hydrogen) atoms. The highest BCUT2D eigenvalue weighted by molar-refractivity contribution is 7.89. The Morgan fingerprint density at radius 3 is 2.50 bits per heavy atom. The quantitative estimate of drug-likeness (QED) is 0.839. The van der Waals surface area contributed by atoms with Crippen molar-refractivity contribution >= 4 is 21.6 Å². The molecule has 6 heteroatoms. The molecule has 0 aliphatic heterocycles. The number of aryl methyl sites for hydroxylation is 2. The van der Waals surface area contributed by atoms with Crippen LogP contribution in [0.3, 0.4) is 0 Å². The van der Waals surface area contributed by atoms with Crippen LogP contribution in [0.4, 0.5) is 5.69 Å². The highest BCUT2D eigenvalue weighted by Crippen LogP contribution is 2.22. The zero-order chi connectivity index (χ0) is 18.7. The van der Waals surface area contributed by atoms with Crippen LogP contribution in [0.1, 0.15) is 47.2 Å². The summed E-state index contributed by atoms with van der Waals surface area (Å²) in [6, 6.07) is 12.0. The molecule has 0 aromatic heterocycles. The summed E-state index contributed by atoms with van der Waals surface area (Å²) in [7, 11) is -3.62. The van der Waals surface area contributed by atoms with Crippen LogP contribution in [-0.2, 0) is 10.0 Å². The lowest BCUT2D eigenvalue weighted by Crippen LogP contribution is -2.32. The molecule has 2 aromatic rings. The van der Waals surface area contributed by atoms with Gasteiger partial charge in [0.2, 0.25) is 10.0 Å². The first-order chi connectivity index (χ1) is 12.3. The summed E-state index contributed by atoms with van der Waals surface area (Å²) in [4.78, 5) is 12.7. The average Bonchev–Trinajstić information content (AvgIpc) is 3.10. The lowest BCUT2D eigenvalue weighted by Gasteiger charge is -2.13. The van der Waals surface area contributed by atoms with Crippen LogP contribution in [0, 0.1) is 13.8 Å². The molecule has 3 rings (SSSR count). The first-order valence-electron chi connectivity index (χ1n) is 8.86. The molecular weight excluding hydrogens is 348 g/mol. The first-order valence-corrected chi connectivity index (χ1v) is 10.3. The summed E-state index contributed by atoms with van der Waals surface area (Å²) >= 11 is 0. The number of amides is 1. The molecule has 0 atom stereocenters. The molecule has 1 saturated carbocycles. The molecule has 2 N–H and O–H groups in total. The molecule has 0 unspecified atom stereocenters. The number of hydrogen-bond donors (Lipinski definition) is 2. The number of nitrogens with one attached hydrogen (secondary N) is 2. The van der Waals surface area contributed by atoms with Crippen LogP contribution < -0.4 is 10.0 Å². The van der Waals surface area contributed by atoms with E-state index in [1.54, 1.807) is 12.1 Å². The average molecular weight is 372 g/mol. The fraction of sp³-hybridized carbons (Fsp3) is 0.350. The van der Waals surface area contributed by atoms with Crippen molar-refractivity contribution in [2.24, 2.45) is 0 Å². The Kier molecular flexibility index (Phi) is 5.44. The van der Waals surface area contributed by atoms with Crippen molar-refractivity contribution in [2.75, 3.05) is 5.32 Å². The molecule has 0 radical (unpaired) electrons. The molecule has 0 spiro atoms. The molecule has 1 amide bonds. The monoisotopic (exact) mass is 372 g/mol. The molecule has 5 nitrogen and oxygen atoms in total. The second-order valence-electron chi connectivity index (χ2n) is 6.90. The zero-order valence-electron chi connectivity index (χ0n) is 15.1. The van der Waals surface area contributed by atoms with E-state index in [9.17, 15) is 13.2 Å². The molecule has 0 saturated heterocycles. The van der Waals surface area contributed by atoms with E-state index in [0.717, 1.165) is 42.5 Å². The van der Waals surface area contributed by atoms with Crippen LogP contribution in [0.2, 0.25) is 0 Å². The van der Waals surface area contributed by atoms with Crippen molar-refractivity contribution < 1.29 is 13.2 Å². The Morgan fingerprint density at radius 1 is 1.04 bits per heavy atom. The second kappa shape index (κ2) is 7.60. The standard InChI is InChI=1S/C20H24N2O3S/c1-14-10-11-15(2)19(12-14)21-20(23)16-6-5-9-18(13-16)26(24,25)22-17-7-3-4-8-17/h5-6,9-13,17,22H,3-4,7-8H2,1-2H3,(H,21,23). The Balaban J connectivity index is 1.79. The third-order valence-corrected chi connectivity index (χ3v) is 6.24. The topological polar surface area (TPSA) is 75.3 Å². The number of benzene rings is 2. The van der Waals surface area contributed by atoms with Gasteiger partial charge in [0.05, 0.1) is 4.90 Å². The van der Waals surface area contributed by atoms with Crippen LogP contribution in [0.5, 0.6) is 0 Å². The largest absolute Gasteiger partial charge is 0.322 e. The van der Waals surface area contributed by atoms with Crippen molar-refractivity contribution in [1.82, 2.24) is 4.72 Å². The zero-order valence-corrected chi connectivity index (χ0v) is 15.9. The van der Waals surface area contributed by atoms with Gasteiger partial charge in [-0.3, -0.25) is 4.79 Å². The van der Waals surface area contributed by atoms with Gasteiger partial charge in [0.1, 0.15) is 0 Å². The van der Waals surface area contributed by atoms with E-state index in [4.69, 9.17) is 0 Å². The summed E-state index contributed by atoms with van der Waals surface area (Å²) in [5, 5.41) is 2.86. The number of carbonyl (C=O) groups excluding carboxylic acids is 1. The van der Waals surface area contributed by atoms with Crippen molar-refractivity contribution in [1.29, 1.82) is 0 Å². The number of sulfonamides is 1. The van der Waals surface area contributed by atoms with E-state index in [0.29, 0.717) is 5.56 Å². The first kappa shape index (κ1) is 18.6. The summed E-state index contributed by atoms with van der Waals surface area (Å²) in [6.45, 7) is 3.87. The number of carbonyl (C=O) groups is 1. The smallest absolute Gasteiger partial charge is 0.255 e. The van der Waals surface area contributed by atoms with Crippen molar-refractivity contribution in [3.8, 4) is 0 Å².